The van der Waals surface area contributed by atoms with Gasteiger partial charge in [0, 0.05) is 17.8 Å². The van der Waals surface area contributed by atoms with E-state index in [-0.39, 0.29) is 0 Å². The van der Waals surface area contributed by atoms with Crippen LogP contribution in [-0.4, -0.2) is 30.2 Å². The van der Waals surface area contributed by atoms with Gasteiger partial charge in [-0.1, -0.05) is 25.1 Å². The van der Waals surface area contributed by atoms with Crippen molar-refractivity contribution >= 4 is 23.3 Å². The summed E-state index contributed by atoms with van der Waals surface area (Å²) in [5.41, 5.74) is -1.08. The van der Waals surface area contributed by atoms with Gasteiger partial charge in [-0.15, -0.1) is 0 Å². The molecule has 0 aromatic heterocycles. The molecule has 142 valence electrons. The molecule has 0 bridgehead atoms. The van der Waals surface area contributed by atoms with Crippen molar-refractivity contribution in [2.24, 2.45) is 0 Å². The van der Waals surface area contributed by atoms with Gasteiger partial charge in [-0.2, -0.15) is 0 Å². The Morgan fingerprint density at radius 2 is 1.89 bits per heavy atom. The number of carbonyl (C=O) groups excluding carboxylic acids is 2. The maximum atomic E-state index is 12.9. The fourth-order valence-electron chi connectivity index (χ4n) is 3.08. The molecule has 0 spiro atoms. The predicted octanol–water partition coefficient (Wildman–Crippen LogP) is 2.81. The van der Waals surface area contributed by atoms with E-state index in [4.69, 9.17) is 4.74 Å². The van der Waals surface area contributed by atoms with Crippen molar-refractivity contribution in [1.29, 1.82) is 0 Å². The van der Waals surface area contributed by atoms with Crippen molar-refractivity contribution in [2.75, 3.05) is 23.4 Å². The molecule has 7 nitrogen and oxygen atoms in total. The van der Waals surface area contributed by atoms with Crippen LogP contribution in [0.15, 0.2) is 48.5 Å². The quantitative estimate of drug-likeness (QED) is 0.730. The second-order valence-electron chi connectivity index (χ2n) is 6.17. The van der Waals surface area contributed by atoms with E-state index in [2.05, 4.69) is 10.6 Å². The number of para-hydroxylation sites is 1. The van der Waals surface area contributed by atoms with Crippen LogP contribution in [0.3, 0.4) is 0 Å². The zero-order valence-corrected chi connectivity index (χ0v) is 15.4. The predicted molar refractivity (Wildman–Crippen MR) is 103 cm³/mol. The molecule has 3 amide bonds. The molecule has 1 heterocycles. The highest BCUT2D eigenvalue weighted by Crippen LogP contribution is 2.40. The van der Waals surface area contributed by atoms with Crippen LogP contribution in [0, 0.1) is 0 Å². The first-order valence-corrected chi connectivity index (χ1v) is 8.96. The Labute approximate surface area is 157 Å². The molecular formula is C20H23N3O4. The van der Waals surface area contributed by atoms with Gasteiger partial charge in [0.25, 0.3) is 11.6 Å². The molecule has 0 aliphatic carbocycles. The van der Waals surface area contributed by atoms with Gasteiger partial charge in [0.05, 0.1) is 12.3 Å². The normalized spacial score (nSPS) is 18.5. The molecule has 0 fully saturated rings. The molecule has 1 aliphatic rings. The lowest BCUT2D eigenvalue weighted by molar-refractivity contribution is -0.140. The summed E-state index contributed by atoms with van der Waals surface area (Å²) in [6.45, 7) is 4.69. The monoisotopic (exact) mass is 369 g/mol. The third-order valence-corrected chi connectivity index (χ3v) is 4.33. The van der Waals surface area contributed by atoms with E-state index in [1.807, 2.05) is 13.8 Å². The molecule has 27 heavy (non-hydrogen) atoms. The number of hydrogen-bond acceptors (Lipinski definition) is 4. The summed E-state index contributed by atoms with van der Waals surface area (Å²) in [6.07, 6.45) is 0.707. The molecule has 2 aromatic rings. The Hall–Kier alpha value is -3.06. The summed E-state index contributed by atoms with van der Waals surface area (Å²) in [7, 11) is 0. The van der Waals surface area contributed by atoms with Gasteiger partial charge < -0.3 is 20.5 Å². The van der Waals surface area contributed by atoms with Crippen molar-refractivity contribution in [1.82, 2.24) is 5.32 Å². The molecule has 1 atom stereocenters. The number of carbonyl (C=O) groups is 2. The second kappa shape index (κ2) is 7.67. The highest BCUT2D eigenvalue weighted by atomic mass is 16.5. The minimum absolute atomic E-state index is 0.312. The number of fused-ring (bicyclic) bond motifs is 1. The topological polar surface area (TPSA) is 90.9 Å². The van der Waals surface area contributed by atoms with Crippen LogP contribution in [0.1, 0.15) is 25.8 Å². The van der Waals surface area contributed by atoms with Crippen LogP contribution in [0.2, 0.25) is 0 Å². The SMILES string of the molecule is CCCNC(=O)[C@]1(O)c2ccccc2NC(=O)N1c1ccc(OCC)cc1. The molecule has 0 saturated heterocycles. The zero-order valence-electron chi connectivity index (χ0n) is 15.4. The van der Waals surface area contributed by atoms with Crippen molar-refractivity contribution < 1.29 is 19.4 Å². The smallest absolute Gasteiger partial charge is 0.329 e. The van der Waals surface area contributed by atoms with E-state index < -0.39 is 17.7 Å². The number of hydrogen-bond donors (Lipinski definition) is 3. The van der Waals surface area contributed by atoms with Crippen LogP contribution in [0.5, 0.6) is 5.75 Å². The summed E-state index contributed by atoms with van der Waals surface area (Å²) in [4.78, 5) is 26.8. The van der Waals surface area contributed by atoms with Gasteiger partial charge in [-0.3, -0.25) is 9.69 Å². The van der Waals surface area contributed by atoms with Crippen LogP contribution >= 0.6 is 0 Å². The number of anilines is 2. The lowest BCUT2D eigenvalue weighted by atomic mass is 9.94. The Morgan fingerprint density at radius 1 is 1.19 bits per heavy atom. The molecule has 2 aromatic carbocycles. The first kappa shape index (κ1) is 18.7. The number of benzene rings is 2. The zero-order chi connectivity index (χ0) is 19.4. The highest BCUT2D eigenvalue weighted by Gasteiger charge is 2.51. The average molecular weight is 369 g/mol. The van der Waals surface area contributed by atoms with Crippen molar-refractivity contribution in [3.63, 3.8) is 0 Å². The van der Waals surface area contributed by atoms with Crippen molar-refractivity contribution in [3.8, 4) is 5.75 Å². The molecule has 1 aliphatic heterocycles. The Morgan fingerprint density at radius 3 is 2.56 bits per heavy atom. The first-order chi connectivity index (χ1) is 13.0. The number of amides is 3. The number of nitrogens with zero attached hydrogens (tertiary/aromatic N) is 1. The van der Waals surface area contributed by atoms with E-state index >= 15 is 0 Å². The van der Waals surface area contributed by atoms with Crippen LogP contribution in [0.25, 0.3) is 0 Å². The third-order valence-electron chi connectivity index (χ3n) is 4.33. The third kappa shape index (κ3) is 3.33. The molecule has 7 heteroatoms. The summed E-state index contributed by atoms with van der Waals surface area (Å²) in [5, 5.41) is 16.9. The van der Waals surface area contributed by atoms with Gasteiger partial charge in [-0.05, 0) is 43.7 Å². The van der Waals surface area contributed by atoms with Crippen molar-refractivity contribution in [3.05, 3.63) is 54.1 Å². The maximum Gasteiger partial charge on any atom is 0.329 e. The van der Waals surface area contributed by atoms with Crippen molar-refractivity contribution in [2.45, 2.75) is 26.0 Å². The van der Waals surface area contributed by atoms with Gasteiger partial charge in [0.1, 0.15) is 5.75 Å². The summed E-state index contributed by atoms with van der Waals surface area (Å²) >= 11 is 0. The van der Waals surface area contributed by atoms with Crippen LogP contribution in [-0.2, 0) is 10.5 Å². The van der Waals surface area contributed by atoms with Gasteiger partial charge >= 0.3 is 6.03 Å². The Balaban J connectivity index is 2.09. The molecule has 0 radical (unpaired) electrons. The van der Waals surface area contributed by atoms with Crippen LogP contribution in [0.4, 0.5) is 16.2 Å². The van der Waals surface area contributed by atoms with Crippen LogP contribution < -0.4 is 20.3 Å². The molecule has 3 N–H and O–H groups in total. The maximum absolute atomic E-state index is 12.9. The molecular weight excluding hydrogens is 346 g/mol. The Bertz CT molecular complexity index is 837. The van der Waals surface area contributed by atoms with E-state index in [1.54, 1.807) is 48.5 Å². The second-order valence-corrected chi connectivity index (χ2v) is 6.17. The summed E-state index contributed by atoms with van der Waals surface area (Å²) < 4.78 is 5.42. The number of urea groups is 1. The fourth-order valence-corrected chi connectivity index (χ4v) is 3.08. The van der Waals surface area contributed by atoms with Gasteiger partial charge in [0.15, 0.2) is 0 Å². The molecule has 0 saturated carbocycles. The number of aliphatic hydroxyl groups is 1. The van der Waals surface area contributed by atoms with Gasteiger partial charge in [-0.25, -0.2) is 4.79 Å². The standard InChI is InChI=1S/C20H23N3O4/c1-3-13-21-18(24)20(26)16-7-5-6-8-17(16)22-19(25)23(20)14-9-11-15(12-10-14)27-4-2/h5-12,26H,3-4,13H2,1-2H3,(H,21,24)(H,22,25)/t20-/m1/s1. The van der Waals surface area contributed by atoms with E-state index in [9.17, 15) is 14.7 Å². The van der Waals surface area contributed by atoms with Gasteiger partial charge in [0.2, 0.25) is 0 Å². The lowest BCUT2D eigenvalue weighted by Gasteiger charge is -2.42. The summed E-state index contributed by atoms with van der Waals surface area (Å²) in [5.74, 6) is -0.0152. The molecule has 0 unspecified atom stereocenters. The molecule has 3 rings (SSSR count). The summed E-state index contributed by atoms with van der Waals surface area (Å²) in [6, 6.07) is 12.8. The largest absolute Gasteiger partial charge is 0.494 e. The highest BCUT2D eigenvalue weighted by molar-refractivity contribution is 6.11. The Kier molecular flexibility index (Phi) is 5.32. The minimum atomic E-state index is -2.17. The number of rotatable bonds is 6. The number of ether oxygens (including phenoxy) is 1. The lowest BCUT2D eigenvalue weighted by Crippen LogP contribution is -2.62. The van der Waals surface area contributed by atoms with E-state index in [0.29, 0.717) is 42.3 Å². The van der Waals surface area contributed by atoms with E-state index in [0.717, 1.165) is 4.90 Å². The number of nitrogens with one attached hydrogen (secondary N) is 2. The minimum Gasteiger partial charge on any atom is -0.494 e. The van der Waals surface area contributed by atoms with E-state index in [1.165, 1.54) is 0 Å². The fraction of sp³-hybridized carbons (Fsp3) is 0.300. The first-order valence-electron chi connectivity index (χ1n) is 8.96. The average Bonchev–Trinajstić information content (AvgIpc) is 2.67.